The number of carbonyl (C=O) groups is 2. The minimum Gasteiger partial charge on any atom is -0.370 e. The van der Waals surface area contributed by atoms with Gasteiger partial charge >= 0.3 is 6.03 Å². The molecule has 5 nitrogen and oxygen atoms in total. The summed E-state index contributed by atoms with van der Waals surface area (Å²) in [5.41, 5.74) is 7.76. The molecule has 0 unspecified atom stereocenters. The highest BCUT2D eigenvalue weighted by Gasteiger charge is 2.25. The Bertz CT molecular complexity index is 556. The Morgan fingerprint density at radius 2 is 2.04 bits per heavy atom. The molecule has 0 radical (unpaired) electrons. The van der Waals surface area contributed by atoms with Crippen molar-refractivity contribution in [2.24, 2.45) is 11.7 Å². The fraction of sp³-hybridized carbons (Fsp3) is 0.579. The van der Waals surface area contributed by atoms with Crippen molar-refractivity contribution in [2.45, 2.75) is 52.0 Å². The average Bonchev–Trinajstić information content (AvgIpc) is 2.55. The number of hydrogen-bond acceptors (Lipinski definition) is 2. The van der Waals surface area contributed by atoms with Crippen LogP contribution in [0.2, 0.25) is 0 Å². The molecule has 5 heteroatoms. The van der Waals surface area contributed by atoms with Crippen LogP contribution >= 0.6 is 0 Å². The molecule has 2 rings (SSSR count). The van der Waals surface area contributed by atoms with E-state index < -0.39 is 0 Å². The third kappa shape index (κ3) is 5.55. The number of urea groups is 1. The second-order valence-electron chi connectivity index (χ2n) is 6.87. The minimum atomic E-state index is -0.284. The molecule has 24 heavy (non-hydrogen) atoms. The molecule has 0 aliphatic carbocycles. The van der Waals surface area contributed by atoms with Crippen LogP contribution in [-0.4, -0.2) is 36.0 Å². The summed E-state index contributed by atoms with van der Waals surface area (Å²) < 4.78 is 0. The van der Waals surface area contributed by atoms with E-state index in [1.54, 1.807) is 0 Å². The third-order valence-corrected chi connectivity index (χ3v) is 4.72. The number of nitrogens with one attached hydrogen (secondary N) is 1. The summed E-state index contributed by atoms with van der Waals surface area (Å²) >= 11 is 0. The Morgan fingerprint density at radius 3 is 2.67 bits per heavy atom. The second kappa shape index (κ2) is 8.71. The van der Waals surface area contributed by atoms with Gasteiger partial charge in [-0.05, 0) is 44.1 Å². The first-order chi connectivity index (χ1) is 11.5. The monoisotopic (exact) mass is 331 g/mol. The summed E-state index contributed by atoms with van der Waals surface area (Å²) in [6.07, 6.45) is 3.98. The van der Waals surface area contributed by atoms with E-state index in [2.05, 4.69) is 43.4 Å². The number of nitrogens with two attached hydrogens (primary N) is 1. The zero-order chi connectivity index (χ0) is 17.5. The zero-order valence-corrected chi connectivity index (χ0v) is 14.8. The van der Waals surface area contributed by atoms with E-state index >= 15 is 0 Å². The van der Waals surface area contributed by atoms with Gasteiger partial charge < -0.3 is 16.0 Å². The second-order valence-corrected chi connectivity index (χ2v) is 6.87. The molecule has 1 aliphatic rings. The van der Waals surface area contributed by atoms with Gasteiger partial charge in [0.2, 0.25) is 5.91 Å². The van der Waals surface area contributed by atoms with E-state index in [-0.39, 0.29) is 23.9 Å². The number of rotatable bonds is 6. The Labute approximate surface area is 144 Å². The van der Waals surface area contributed by atoms with Crippen LogP contribution < -0.4 is 11.1 Å². The molecule has 0 bridgehead atoms. The summed E-state index contributed by atoms with van der Waals surface area (Å²) in [6, 6.07) is 8.54. The predicted molar refractivity (Wildman–Crippen MR) is 95.6 cm³/mol. The van der Waals surface area contributed by atoms with E-state index in [9.17, 15) is 9.59 Å². The van der Waals surface area contributed by atoms with Gasteiger partial charge in [0.05, 0.1) is 0 Å². The summed E-state index contributed by atoms with van der Waals surface area (Å²) in [6.45, 7) is 5.53. The number of aryl methyl sites for hydroxylation is 1. The first-order valence-electron chi connectivity index (χ1n) is 8.87. The zero-order valence-electron chi connectivity index (χ0n) is 14.8. The normalized spacial score (nSPS) is 18.9. The van der Waals surface area contributed by atoms with Crippen molar-refractivity contribution < 1.29 is 9.59 Å². The maximum atomic E-state index is 12.5. The molecule has 1 aliphatic heterocycles. The van der Waals surface area contributed by atoms with E-state index in [0.717, 1.165) is 32.2 Å². The fourth-order valence-corrected chi connectivity index (χ4v) is 3.27. The van der Waals surface area contributed by atoms with Gasteiger partial charge in [-0.2, -0.15) is 0 Å². The number of hydrogen-bond donors (Lipinski definition) is 2. The van der Waals surface area contributed by atoms with Crippen LogP contribution in [0.15, 0.2) is 24.3 Å². The summed E-state index contributed by atoms with van der Waals surface area (Å²) in [5, 5.41) is 3.14. The van der Waals surface area contributed by atoms with Gasteiger partial charge in [0.1, 0.15) is 0 Å². The standard InChI is InChI=1S/C19H29N3O2/c1-3-17(11-15-8-6-14(2)7-9-15)21-19(24)22-10-4-5-16(13-22)12-18(20)23/h6-9,16-17H,3-5,10-13H2,1-2H3,(H2,20,23)(H,21,24)/t16-,17-/m1/s1. The van der Waals surface area contributed by atoms with Crippen molar-refractivity contribution in [1.82, 2.24) is 10.2 Å². The molecular weight excluding hydrogens is 302 g/mol. The van der Waals surface area contributed by atoms with Crippen molar-refractivity contribution in [3.63, 3.8) is 0 Å². The third-order valence-electron chi connectivity index (χ3n) is 4.72. The van der Waals surface area contributed by atoms with Crippen molar-refractivity contribution >= 4 is 11.9 Å². The lowest BCUT2D eigenvalue weighted by Gasteiger charge is -2.33. The van der Waals surface area contributed by atoms with E-state index in [4.69, 9.17) is 5.73 Å². The molecule has 1 fully saturated rings. The first kappa shape index (κ1) is 18.3. The van der Waals surface area contributed by atoms with Crippen molar-refractivity contribution in [1.29, 1.82) is 0 Å². The van der Waals surface area contributed by atoms with Crippen LogP contribution in [0, 0.1) is 12.8 Å². The van der Waals surface area contributed by atoms with Gasteiger partial charge in [0.25, 0.3) is 0 Å². The number of amides is 3. The number of carbonyl (C=O) groups excluding carboxylic acids is 2. The maximum Gasteiger partial charge on any atom is 0.317 e. The van der Waals surface area contributed by atoms with Gasteiger partial charge in [-0.3, -0.25) is 4.79 Å². The number of nitrogens with zero attached hydrogens (tertiary/aromatic N) is 1. The SMILES string of the molecule is CC[C@H](Cc1ccc(C)cc1)NC(=O)N1CCC[C@H](CC(N)=O)C1. The lowest BCUT2D eigenvalue weighted by atomic mass is 9.95. The largest absolute Gasteiger partial charge is 0.370 e. The quantitative estimate of drug-likeness (QED) is 0.841. The molecule has 0 aromatic heterocycles. The predicted octanol–water partition coefficient (Wildman–Crippen LogP) is 2.61. The van der Waals surface area contributed by atoms with E-state index in [1.165, 1.54) is 11.1 Å². The van der Waals surface area contributed by atoms with Crippen LogP contribution in [-0.2, 0) is 11.2 Å². The molecule has 1 saturated heterocycles. The van der Waals surface area contributed by atoms with Gasteiger partial charge in [0, 0.05) is 25.6 Å². The Kier molecular flexibility index (Phi) is 6.64. The molecule has 1 aromatic rings. The highest BCUT2D eigenvalue weighted by Crippen LogP contribution is 2.19. The van der Waals surface area contributed by atoms with E-state index in [0.29, 0.717) is 13.0 Å². The molecule has 2 atom stereocenters. The van der Waals surface area contributed by atoms with Gasteiger partial charge in [0.15, 0.2) is 0 Å². The highest BCUT2D eigenvalue weighted by molar-refractivity contribution is 5.76. The molecule has 1 aromatic carbocycles. The first-order valence-corrected chi connectivity index (χ1v) is 8.87. The summed E-state index contributed by atoms with van der Waals surface area (Å²) in [7, 11) is 0. The molecule has 132 valence electrons. The number of benzene rings is 1. The van der Waals surface area contributed by atoms with Gasteiger partial charge in [-0.1, -0.05) is 36.8 Å². The van der Waals surface area contributed by atoms with Crippen LogP contribution in [0.25, 0.3) is 0 Å². The van der Waals surface area contributed by atoms with Crippen LogP contribution in [0.4, 0.5) is 4.79 Å². The summed E-state index contributed by atoms with van der Waals surface area (Å²) in [5.74, 6) is -0.0905. The molecule has 3 amide bonds. The Balaban J connectivity index is 1.88. The van der Waals surface area contributed by atoms with Gasteiger partial charge in [-0.25, -0.2) is 4.79 Å². The number of likely N-dealkylation sites (tertiary alicyclic amines) is 1. The lowest BCUT2D eigenvalue weighted by Crippen LogP contribution is -2.49. The number of primary amides is 1. The minimum absolute atomic E-state index is 0.0249. The molecule has 0 spiro atoms. The Hall–Kier alpha value is -2.04. The summed E-state index contributed by atoms with van der Waals surface area (Å²) in [4.78, 5) is 25.5. The smallest absolute Gasteiger partial charge is 0.317 e. The van der Waals surface area contributed by atoms with Crippen molar-refractivity contribution in [3.05, 3.63) is 35.4 Å². The van der Waals surface area contributed by atoms with E-state index in [1.807, 2.05) is 4.90 Å². The average molecular weight is 331 g/mol. The fourth-order valence-electron chi connectivity index (χ4n) is 3.27. The van der Waals surface area contributed by atoms with Crippen LogP contribution in [0.1, 0.15) is 43.7 Å². The number of piperidine rings is 1. The lowest BCUT2D eigenvalue weighted by molar-refractivity contribution is -0.119. The van der Waals surface area contributed by atoms with Crippen LogP contribution in [0.3, 0.4) is 0 Å². The molecule has 1 heterocycles. The molecule has 0 saturated carbocycles. The van der Waals surface area contributed by atoms with Gasteiger partial charge in [-0.15, -0.1) is 0 Å². The topological polar surface area (TPSA) is 75.4 Å². The maximum absolute atomic E-state index is 12.5. The van der Waals surface area contributed by atoms with Crippen LogP contribution in [0.5, 0.6) is 0 Å². The Morgan fingerprint density at radius 1 is 1.33 bits per heavy atom. The van der Waals surface area contributed by atoms with Crippen molar-refractivity contribution in [2.75, 3.05) is 13.1 Å². The highest BCUT2D eigenvalue weighted by atomic mass is 16.2. The van der Waals surface area contributed by atoms with Crippen molar-refractivity contribution in [3.8, 4) is 0 Å². The molecule has 3 N–H and O–H groups in total. The molecular formula is C19H29N3O2.